The Labute approximate surface area is 95.7 Å². The lowest BCUT2D eigenvalue weighted by atomic mass is 10.0. The molecule has 1 unspecified atom stereocenters. The third kappa shape index (κ3) is 6.19. The van der Waals surface area contributed by atoms with Crippen molar-refractivity contribution < 1.29 is 19.4 Å². The van der Waals surface area contributed by atoms with Crippen LogP contribution in [0.15, 0.2) is 12.2 Å². The summed E-state index contributed by atoms with van der Waals surface area (Å²) in [6.45, 7) is 4.32. The molecule has 0 aromatic carbocycles. The number of hydrogen-bond acceptors (Lipinski definition) is 4. The van der Waals surface area contributed by atoms with E-state index >= 15 is 0 Å². The van der Waals surface area contributed by atoms with Gasteiger partial charge in [-0.2, -0.15) is 0 Å². The molecule has 0 amide bonds. The molecule has 5 nitrogen and oxygen atoms in total. The molecule has 0 aliphatic heterocycles. The predicted molar refractivity (Wildman–Crippen MR) is 60.0 cm³/mol. The van der Waals surface area contributed by atoms with Crippen molar-refractivity contribution >= 4 is 11.9 Å². The fourth-order valence-corrected chi connectivity index (χ4v) is 1.29. The van der Waals surface area contributed by atoms with Crippen molar-refractivity contribution in [3.63, 3.8) is 0 Å². The monoisotopic (exact) mass is 229 g/mol. The quantitative estimate of drug-likeness (QED) is 0.538. The molecular formula is C11H19NO4. The van der Waals surface area contributed by atoms with Crippen LogP contribution in [0, 0.1) is 5.92 Å². The normalized spacial score (nSPS) is 13.4. The van der Waals surface area contributed by atoms with E-state index in [9.17, 15) is 9.59 Å². The van der Waals surface area contributed by atoms with Gasteiger partial charge < -0.3 is 14.7 Å². The Hall–Kier alpha value is -1.36. The molecule has 0 aromatic rings. The first-order valence-electron chi connectivity index (χ1n) is 5.08. The van der Waals surface area contributed by atoms with Crippen molar-refractivity contribution in [3.05, 3.63) is 12.2 Å². The van der Waals surface area contributed by atoms with Crippen LogP contribution in [0.4, 0.5) is 0 Å². The maximum Gasteiger partial charge on any atom is 0.331 e. The van der Waals surface area contributed by atoms with Gasteiger partial charge in [0, 0.05) is 18.2 Å². The number of carbonyl (C=O) groups is 2. The van der Waals surface area contributed by atoms with Gasteiger partial charge in [-0.3, -0.25) is 0 Å². The maximum absolute atomic E-state index is 11.1. The second kappa shape index (κ2) is 7.00. The molecule has 5 heteroatoms. The van der Waals surface area contributed by atoms with Crippen molar-refractivity contribution in [1.29, 1.82) is 0 Å². The third-order valence-electron chi connectivity index (χ3n) is 2.19. The van der Waals surface area contributed by atoms with Gasteiger partial charge >= 0.3 is 11.9 Å². The number of ether oxygens (including phenoxy) is 1. The van der Waals surface area contributed by atoms with Crippen LogP contribution in [-0.4, -0.2) is 48.7 Å². The van der Waals surface area contributed by atoms with Gasteiger partial charge in [0.2, 0.25) is 0 Å². The average molecular weight is 229 g/mol. The van der Waals surface area contributed by atoms with Crippen LogP contribution >= 0.6 is 0 Å². The molecule has 1 N–H and O–H groups in total. The first-order chi connectivity index (χ1) is 7.34. The molecule has 16 heavy (non-hydrogen) atoms. The van der Waals surface area contributed by atoms with Crippen molar-refractivity contribution in [1.82, 2.24) is 4.90 Å². The minimum absolute atomic E-state index is 0.127. The SMILES string of the molecule is CC(C)C(COC(=O)/C=C/C(=O)O)N(C)C. The lowest BCUT2D eigenvalue weighted by Gasteiger charge is -2.27. The summed E-state index contributed by atoms with van der Waals surface area (Å²) in [5, 5.41) is 8.31. The molecule has 0 rings (SSSR count). The number of hydrogen-bond donors (Lipinski definition) is 1. The lowest BCUT2D eigenvalue weighted by Crippen LogP contribution is -2.37. The molecule has 0 aliphatic carbocycles. The van der Waals surface area contributed by atoms with Gasteiger partial charge in [0.05, 0.1) is 0 Å². The molecule has 0 saturated carbocycles. The molecule has 0 bridgehead atoms. The summed E-state index contributed by atoms with van der Waals surface area (Å²) in [5.74, 6) is -1.44. The van der Waals surface area contributed by atoms with E-state index in [1.807, 2.05) is 32.8 Å². The standard InChI is InChI=1S/C11H19NO4/c1-8(2)9(12(3)4)7-16-11(15)6-5-10(13)14/h5-6,8-9H,7H2,1-4H3,(H,13,14)/b6-5+. The fourth-order valence-electron chi connectivity index (χ4n) is 1.29. The number of carboxylic acids is 1. The highest BCUT2D eigenvalue weighted by Crippen LogP contribution is 2.07. The Morgan fingerprint density at radius 3 is 2.25 bits per heavy atom. The van der Waals surface area contributed by atoms with E-state index < -0.39 is 11.9 Å². The van der Waals surface area contributed by atoms with Gasteiger partial charge in [-0.25, -0.2) is 9.59 Å². The van der Waals surface area contributed by atoms with Gasteiger partial charge in [-0.1, -0.05) is 13.8 Å². The molecule has 0 fully saturated rings. The third-order valence-corrected chi connectivity index (χ3v) is 2.19. The smallest absolute Gasteiger partial charge is 0.331 e. The van der Waals surface area contributed by atoms with Crippen LogP contribution < -0.4 is 0 Å². The first-order valence-corrected chi connectivity index (χ1v) is 5.08. The fraction of sp³-hybridized carbons (Fsp3) is 0.636. The molecule has 1 atom stereocenters. The first kappa shape index (κ1) is 14.6. The Morgan fingerprint density at radius 2 is 1.88 bits per heavy atom. The summed E-state index contributed by atoms with van der Waals surface area (Å²) in [4.78, 5) is 23.2. The van der Waals surface area contributed by atoms with E-state index in [1.165, 1.54) is 0 Å². The lowest BCUT2D eigenvalue weighted by molar-refractivity contribution is -0.140. The summed E-state index contributed by atoms with van der Waals surface area (Å²) in [6.07, 6.45) is 1.68. The van der Waals surface area contributed by atoms with E-state index in [-0.39, 0.29) is 12.6 Å². The number of carbonyl (C=O) groups excluding carboxylic acids is 1. The largest absolute Gasteiger partial charge is 0.478 e. The highest BCUT2D eigenvalue weighted by molar-refractivity contribution is 5.90. The Morgan fingerprint density at radius 1 is 1.31 bits per heavy atom. The summed E-state index contributed by atoms with van der Waals surface area (Å²) in [5.41, 5.74) is 0. The highest BCUT2D eigenvalue weighted by atomic mass is 16.5. The number of rotatable bonds is 6. The molecular weight excluding hydrogens is 210 g/mol. The zero-order valence-electron chi connectivity index (χ0n) is 10.1. The van der Waals surface area contributed by atoms with Gasteiger partial charge in [0.25, 0.3) is 0 Å². The maximum atomic E-state index is 11.1. The Bertz CT molecular complexity index is 263. The van der Waals surface area contributed by atoms with Crippen molar-refractivity contribution in [3.8, 4) is 0 Å². The number of aliphatic carboxylic acids is 1. The van der Waals surface area contributed by atoms with Crippen LogP contribution in [0.1, 0.15) is 13.8 Å². The summed E-state index contributed by atoms with van der Waals surface area (Å²) < 4.78 is 4.95. The van der Waals surface area contributed by atoms with Crippen molar-refractivity contribution in [2.45, 2.75) is 19.9 Å². The van der Waals surface area contributed by atoms with E-state index in [4.69, 9.17) is 9.84 Å². The minimum atomic E-state index is -1.16. The number of carboxylic acid groups (broad SMARTS) is 1. The molecule has 0 saturated heterocycles. The van der Waals surface area contributed by atoms with Crippen LogP contribution in [0.2, 0.25) is 0 Å². The average Bonchev–Trinajstić information content (AvgIpc) is 2.13. The van der Waals surface area contributed by atoms with Crippen LogP contribution in [-0.2, 0) is 14.3 Å². The van der Waals surface area contributed by atoms with E-state index in [0.717, 1.165) is 12.2 Å². The Balaban J connectivity index is 4.11. The number of likely N-dealkylation sites (N-methyl/N-ethyl adjacent to an activating group) is 1. The number of nitrogens with zero attached hydrogens (tertiary/aromatic N) is 1. The predicted octanol–water partition coefficient (Wildman–Crippen LogP) is 0.757. The molecule has 0 heterocycles. The van der Waals surface area contributed by atoms with Gasteiger partial charge in [0.1, 0.15) is 6.61 Å². The molecule has 0 spiro atoms. The van der Waals surface area contributed by atoms with Crippen molar-refractivity contribution in [2.24, 2.45) is 5.92 Å². The summed E-state index contributed by atoms with van der Waals surface area (Å²) in [7, 11) is 3.82. The molecule has 0 aromatic heterocycles. The molecule has 0 aliphatic rings. The second-order valence-corrected chi connectivity index (χ2v) is 4.08. The second-order valence-electron chi connectivity index (χ2n) is 4.08. The van der Waals surface area contributed by atoms with Crippen LogP contribution in [0.3, 0.4) is 0 Å². The van der Waals surface area contributed by atoms with Crippen LogP contribution in [0.25, 0.3) is 0 Å². The van der Waals surface area contributed by atoms with E-state index in [0.29, 0.717) is 5.92 Å². The Kier molecular flexibility index (Phi) is 6.41. The topological polar surface area (TPSA) is 66.8 Å². The summed E-state index contributed by atoms with van der Waals surface area (Å²) >= 11 is 0. The molecule has 92 valence electrons. The van der Waals surface area contributed by atoms with Gasteiger partial charge in [0.15, 0.2) is 0 Å². The van der Waals surface area contributed by atoms with Gasteiger partial charge in [-0.15, -0.1) is 0 Å². The highest BCUT2D eigenvalue weighted by Gasteiger charge is 2.17. The van der Waals surface area contributed by atoms with Crippen molar-refractivity contribution in [2.75, 3.05) is 20.7 Å². The van der Waals surface area contributed by atoms with E-state index in [2.05, 4.69) is 0 Å². The van der Waals surface area contributed by atoms with Gasteiger partial charge in [-0.05, 0) is 20.0 Å². The minimum Gasteiger partial charge on any atom is -0.478 e. The zero-order chi connectivity index (χ0) is 12.7. The van der Waals surface area contributed by atoms with Crippen LogP contribution in [0.5, 0.6) is 0 Å². The van der Waals surface area contributed by atoms with E-state index in [1.54, 1.807) is 0 Å². The number of esters is 1. The zero-order valence-corrected chi connectivity index (χ0v) is 10.1. The summed E-state index contributed by atoms with van der Waals surface area (Å²) in [6, 6.07) is 0.127. The molecule has 0 radical (unpaired) electrons.